The van der Waals surface area contributed by atoms with Crippen molar-refractivity contribution in [2.24, 2.45) is 5.92 Å². The van der Waals surface area contributed by atoms with Crippen LogP contribution in [0.3, 0.4) is 0 Å². The number of fused-ring (bicyclic) bond motifs is 1. The number of esters is 1. The van der Waals surface area contributed by atoms with Gasteiger partial charge in [-0.2, -0.15) is 0 Å². The topological polar surface area (TPSA) is 81.2 Å². The van der Waals surface area contributed by atoms with Crippen LogP contribution in [-0.4, -0.2) is 67.3 Å². The van der Waals surface area contributed by atoms with E-state index in [1.807, 2.05) is 30.0 Å². The molecule has 6 rings (SSSR count). The van der Waals surface area contributed by atoms with Crippen LogP contribution in [0, 0.1) is 12.8 Å². The summed E-state index contributed by atoms with van der Waals surface area (Å²) in [7, 11) is 0. The molecule has 3 aliphatic heterocycles. The maximum Gasteiger partial charge on any atom is 0.310 e. The van der Waals surface area contributed by atoms with E-state index in [0.717, 1.165) is 103 Å². The third kappa shape index (κ3) is 6.17. The number of hydrogen-bond donors (Lipinski definition) is 0. The summed E-state index contributed by atoms with van der Waals surface area (Å²) >= 11 is 1.60. The van der Waals surface area contributed by atoms with Crippen LogP contribution in [-0.2, 0) is 27.3 Å². The zero-order valence-electron chi connectivity index (χ0n) is 24.5. The Kier molecular flexibility index (Phi) is 8.76. The molecule has 3 aromatic rings. The summed E-state index contributed by atoms with van der Waals surface area (Å²) in [6.07, 6.45) is 4.49. The minimum Gasteiger partial charge on any atom is -0.488 e. The Hall–Kier alpha value is -3.43. The summed E-state index contributed by atoms with van der Waals surface area (Å²) < 4.78 is 17.1. The Morgan fingerprint density at radius 1 is 1.10 bits per heavy atom. The first kappa shape index (κ1) is 28.7. The van der Waals surface area contributed by atoms with E-state index in [1.54, 1.807) is 11.3 Å². The molecule has 0 bridgehead atoms. The highest BCUT2D eigenvalue weighted by molar-refractivity contribution is 7.14. The van der Waals surface area contributed by atoms with Gasteiger partial charge in [0, 0.05) is 55.4 Å². The van der Waals surface area contributed by atoms with Crippen molar-refractivity contribution in [3.8, 4) is 17.0 Å². The van der Waals surface area contributed by atoms with Gasteiger partial charge in [-0.1, -0.05) is 23.8 Å². The average Bonchev–Trinajstić information content (AvgIpc) is 3.52. The molecule has 2 saturated heterocycles. The molecule has 0 N–H and O–H groups in total. The lowest BCUT2D eigenvalue weighted by Crippen LogP contribution is -2.47. The van der Waals surface area contributed by atoms with Crippen LogP contribution < -0.4 is 9.64 Å². The molecule has 3 aliphatic rings. The minimum atomic E-state index is -0.114. The van der Waals surface area contributed by atoms with Gasteiger partial charge in [0.15, 0.2) is 5.13 Å². The number of nitrogens with zero attached hydrogens (tertiary/aromatic N) is 3. The lowest BCUT2D eigenvalue weighted by molar-refractivity contribution is -0.148. The summed E-state index contributed by atoms with van der Waals surface area (Å²) in [5.41, 5.74) is 5.91. The highest BCUT2D eigenvalue weighted by Gasteiger charge is 2.31. The number of amides is 1. The van der Waals surface area contributed by atoms with Crippen LogP contribution in [0.2, 0.25) is 0 Å². The molecule has 0 saturated carbocycles. The molecular weight excluding hydrogens is 550 g/mol. The Morgan fingerprint density at radius 3 is 2.79 bits per heavy atom. The number of carbonyl (C=O) groups excluding carboxylic acids is 2. The van der Waals surface area contributed by atoms with Crippen LogP contribution in [0.5, 0.6) is 5.75 Å². The summed E-state index contributed by atoms with van der Waals surface area (Å²) in [4.78, 5) is 34.8. The Balaban J connectivity index is 1.14. The van der Waals surface area contributed by atoms with Gasteiger partial charge >= 0.3 is 5.97 Å². The summed E-state index contributed by atoms with van der Waals surface area (Å²) in [6, 6.07) is 12.6. The molecule has 0 spiro atoms. The van der Waals surface area contributed by atoms with Crippen LogP contribution in [0.25, 0.3) is 11.3 Å². The monoisotopic (exact) mass is 589 g/mol. The first-order valence-corrected chi connectivity index (χ1v) is 16.0. The van der Waals surface area contributed by atoms with Gasteiger partial charge in [0.25, 0.3) is 5.91 Å². The predicted octanol–water partition coefficient (Wildman–Crippen LogP) is 5.65. The molecule has 4 heterocycles. The third-order valence-corrected chi connectivity index (χ3v) is 9.43. The van der Waals surface area contributed by atoms with Crippen LogP contribution in [0.15, 0.2) is 41.8 Å². The minimum absolute atomic E-state index is 0.110. The normalized spacial score (nSPS) is 19.5. The van der Waals surface area contributed by atoms with Crippen LogP contribution in [0.1, 0.15) is 59.7 Å². The van der Waals surface area contributed by atoms with E-state index >= 15 is 0 Å². The molecule has 2 aromatic carbocycles. The highest BCUT2D eigenvalue weighted by atomic mass is 32.1. The molecule has 8 nitrogen and oxygen atoms in total. The van der Waals surface area contributed by atoms with E-state index in [-0.39, 0.29) is 23.8 Å². The number of aryl methyl sites for hydroxylation is 1. The summed E-state index contributed by atoms with van der Waals surface area (Å²) in [5.74, 6) is 0.690. The molecule has 0 unspecified atom stereocenters. The quantitative estimate of drug-likeness (QED) is 0.314. The van der Waals surface area contributed by atoms with Gasteiger partial charge in [0.05, 0.1) is 18.2 Å². The van der Waals surface area contributed by atoms with E-state index in [4.69, 9.17) is 19.2 Å². The number of carbonyl (C=O) groups is 2. The molecule has 222 valence electrons. The Morgan fingerprint density at radius 2 is 1.95 bits per heavy atom. The van der Waals surface area contributed by atoms with E-state index in [1.165, 1.54) is 0 Å². The zero-order chi connectivity index (χ0) is 29.1. The number of rotatable bonds is 8. The first-order chi connectivity index (χ1) is 20.5. The number of aromatic nitrogens is 1. The second-order valence-corrected chi connectivity index (χ2v) is 12.3. The maximum absolute atomic E-state index is 13.3. The van der Waals surface area contributed by atoms with Crippen LogP contribution in [0.4, 0.5) is 5.13 Å². The van der Waals surface area contributed by atoms with Crippen molar-refractivity contribution in [3.63, 3.8) is 0 Å². The first-order valence-electron chi connectivity index (χ1n) is 15.1. The van der Waals surface area contributed by atoms with Gasteiger partial charge in [0.2, 0.25) is 0 Å². The highest BCUT2D eigenvalue weighted by Crippen LogP contribution is 2.36. The van der Waals surface area contributed by atoms with Gasteiger partial charge in [0.1, 0.15) is 12.4 Å². The molecule has 2 fully saturated rings. The van der Waals surface area contributed by atoms with Crippen molar-refractivity contribution in [2.75, 3.05) is 44.4 Å². The molecule has 1 amide bonds. The lowest BCUT2D eigenvalue weighted by Gasteiger charge is -2.37. The van der Waals surface area contributed by atoms with E-state index in [2.05, 4.69) is 35.4 Å². The maximum atomic E-state index is 13.3. The largest absolute Gasteiger partial charge is 0.488 e. The number of hydrogen-bond acceptors (Lipinski definition) is 8. The molecule has 0 radical (unpaired) electrons. The van der Waals surface area contributed by atoms with E-state index < -0.39 is 0 Å². The number of piperidine rings is 1. The fourth-order valence-electron chi connectivity index (χ4n) is 6.26. The average molecular weight is 590 g/mol. The van der Waals surface area contributed by atoms with Crippen molar-refractivity contribution in [3.05, 3.63) is 64.0 Å². The molecule has 42 heavy (non-hydrogen) atoms. The van der Waals surface area contributed by atoms with E-state index in [0.29, 0.717) is 19.8 Å². The van der Waals surface area contributed by atoms with Crippen LogP contribution >= 0.6 is 11.3 Å². The molecular formula is C33H39N3O5S. The summed E-state index contributed by atoms with van der Waals surface area (Å²) in [5, 5.41) is 2.99. The van der Waals surface area contributed by atoms with Gasteiger partial charge in [-0.15, -0.1) is 11.3 Å². The van der Waals surface area contributed by atoms with Gasteiger partial charge < -0.3 is 24.0 Å². The Labute approximate surface area is 251 Å². The van der Waals surface area contributed by atoms with Crippen molar-refractivity contribution in [2.45, 2.75) is 58.6 Å². The fraction of sp³-hybridized carbons (Fsp3) is 0.485. The summed E-state index contributed by atoms with van der Waals surface area (Å²) in [6.45, 7) is 8.47. The second kappa shape index (κ2) is 12.8. The smallest absolute Gasteiger partial charge is 0.310 e. The number of anilines is 1. The van der Waals surface area contributed by atoms with Gasteiger partial charge in [-0.25, -0.2) is 4.98 Å². The van der Waals surface area contributed by atoms with E-state index in [9.17, 15) is 9.59 Å². The van der Waals surface area contributed by atoms with Gasteiger partial charge in [-0.3, -0.25) is 9.59 Å². The Bertz CT molecular complexity index is 1430. The molecule has 1 atom stereocenters. The van der Waals surface area contributed by atoms with Crippen molar-refractivity contribution < 1.29 is 23.8 Å². The fourth-order valence-corrected chi connectivity index (χ4v) is 7.12. The second-order valence-electron chi connectivity index (χ2n) is 11.4. The van der Waals surface area contributed by atoms with Gasteiger partial charge in [-0.05, 0) is 75.3 Å². The molecule has 1 aromatic heterocycles. The molecule has 0 aliphatic carbocycles. The third-order valence-electron chi connectivity index (χ3n) is 8.52. The number of benzene rings is 2. The SMILES string of the molecule is CCOC(=O)[C@H]1CCCN(c2nc(-c3cc(C)ccc3OCc3ccc4c(c3)CCN(C3CCOCC3)C4=O)cs2)C1. The van der Waals surface area contributed by atoms with Crippen molar-refractivity contribution in [1.82, 2.24) is 9.88 Å². The standard InChI is InChI=1S/C33H39N3O5S/c1-3-40-32(38)25-5-4-13-35(19-25)33-34-29(21-42-33)28-17-22(2)6-9-30(28)41-20-23-7-8-27-24(18-23)10-14-36(31(27)37)26-11-15-39-16-12-26/h6-9,17-18,21,25-26H,3-5,10-16,19-20H2,1-2H3/t25-/m0/s1. The van der Waals surface area contributed by atoms with Crippen molar-refractivity contribution >= 4 is 28.3 Å². The number of ether oxygens (including phenoxy) is 3. The molecule has 9 heteroatoms. The van der Waals surface area contributed by atoms with Crippen molar-refractivity contribution in [1.29, 1.82) is 0 Å². The number of thiazole rings is 1. The lowest BCUT2D eigenvalue weighted by atomic mass is 9.94. The predicted molar refractivity (Wildman–Crippen MR) is 163 cm³/mol. The zero-order valence-corrected chi connectivity index (χ0v) is 25.3.